The van der Waals surface area contributed by atoms with Crippen molar-refractivity contribution in [2.24, 2.45) is 0 Å². The Morgan fingerprint density at radius 2 is 1.85 bits per heavy atom. The second-order valence-corrected chi connectivity index (χ2v) is 7.52. The van der Waals surface area contributed by atoms with E-state index < -0.39 is 5.72 Å². The van der Waals surface area contributed by atoms with Crippen molar-refractivity contribution in [3.63, 3.8) is 0 Å². The van der Waals surface area contributed by atoms with Gasteiger partial charge in [-0.25, -0.2) is 0 Å². The Morgan fingerprint density at radius 3 is 2.62 bits per heavy atom. The van der Waals surface area contributed by atoms with Crippen molar-refractivity contribution >= 4 is 17.8 Å². The van der Waals surface area contributed by atoms with Crippen molar-refractivity contribution in [1.82, 2.24) is 0 Å². The quantitative estimate of drug-likeness (QED) is 0.638. The lowest BCUT2D eigenvalue weighted by Gasteiger charge is -2.45. The van der Waals surface area contributed by atoms with Crippen LogP contribution in [0, 0.1) is 0 Å². The van der Waals surface area contributed by atoms with Gasteiger partial charge < -0.3 is 9.64 Å². The third-order valence-electron chi connectivity index (χ3n) is 5.71. The number of hydrogen-bond acceptors (Lipinski definition) is 2. The van der Waals surface area contributed by atoms with E-state index in [1.165, 1.54) is 16.8 Å². The number of rotatable bonds is 2. The molecule has 0 radical (unpaired) electrons. The second kappa shape index (κ2) is 5.91. The maximum atomic E-state index is 6.67. The summed E-state index contributed by atoms with van der Waals surface area (Å²) in [5, 5.41) is 0. The Bertz CT molecular complexity index is 935. The Morgan fingerprint density at radius 1 is 1.04 bits per heavy atom. The summed E-state index contributed by atoms with van der Waals surface area (Å²) in [7, 11) is 2.12. The van der Waals surface area contributed by atoms with Crippen LogP contribution in [0.3, 0.4) is 0 Å². The van der Waals surface area contributed by atoms with E-state index in [4.69, 9.17) is 4.74 Å². The zero-order valence-corrected chi connectivity index (χ0v) is 15.9. The molecule has 0 amide bonds. The minimum atomic E-state index is -0.508. The second-order valence-electron chi connectivity index (χ2n) is 7.52. The zero-order valence-electron chi connectivity index (χ0n) is 15.9. The molecule has 1 unspecified atom stereocenters. The molecule has 2 heterocycles. The van der Waals surface area contributed by atoms with Gasteiger partial charge in [0.15, 0.2) is 0 Å². The maximum Gasteiger partial charge on any atom is 0.211 e. The summed E-state index contributed by atoms with van der Waals surface area (Å²) in [4.78, 5) is 2.27. The van der Waals surface area contributed by atoms with Gasteiger partial charge in [-0.15, -0.1) is 0 Å². The molecule has 4 rings (SSSR count). The highest BCUT2D eigenvalue weighted by Gasteiger charge is 2.57. The van der Waals surface area contributed by atoms with Crippen LogP contribution in [0.4, 0.5) is 5.69 Å². The van der Waals surface area contributed by atoms with E-state index in [1.807, 2.05) is 19.1 Å². The fourth-order valence-electron chi connectivity index (χ4n) is 4.18. The van der Waals surface area contributed by atoms with Crippen molar-refractivity contribution < 1.29 is 4.74 Å². The summed E-state index contributed by atoms with van der Waals surface area (Å²) in [5.74, 6) is 0.934. The van der Waals surface area contributed by atoms with Crippen LogP contribution in [-0.2, 0) is 5.41 Å². The van der Waals surface area contributed by atoms with Crippen LogP contribution in [0.1, 0.15) is 37.5 Å². The molecule has 0 aromatic heterocycles. The molecule has 0 fully saturated rings. The summed E-state index contributed by atoms with van der Waals surface area (Å²) in [5.41, 5.74) is 4.19. The van der Waals surface area contributed by atoms with Gasteiger partial charge in [-0.2, -0.15) is 0 Å². The number of allylic oxidation sites excluding steroid dienone is 3. The Kier molecular flexibility index (Phi) is 3.80. The third-order valence-corrected chi connectivity index (χ3v) is 5.71. The maximum absolute atomic E-state index is 6.67. The van der Waals surface area contributed by atoms with E-state index in [9.17, 15) is 0 Å². The van der Waals surface area contributed by atoms with Gasteiger partial charge in [0.1, 0.15) is 5.75 Å². The smallest absolute Gasteiger partial charge is 0.211 e. The van der Waals surface area contributed by atoms with Gasteiger partial charge in [0.05, 0.1) is 5.41 Å². The Hall–Kier alpha value is -2.74. The number of benzene rings is 2. The van der Waals surface area contributed by atoms with Crippen molar-refractivity contribution in [3.8, 4) is 5.75 Å². The summed E-state index contributed by atoms with van der Waals surface area (Å²) in [6.45, 7) is 6.54. The van der Waals surface area contributed by atoms with Gasteiger partial charge in [0, 0.05) is 18.3 Å². The van der Waals surface area contributed by atoms with E-state index in [2.05, 4.69) is 92.6 Å². The highest BCUT2D eigenvalue weighted by atomic mass is 16.5. The van der Waals surface area contributed by atoms with Crippen LogP contribution >= 0.6 is 0 Å². The van der Waals surface area contributed by atoms with Gasteiger partial charge in [-0.1, -0.05) is 48.6 Å². The van der Waals surface area contributed by atoms with Gasteiger partial charge in [0.25, 0.3) is 0 Å². The minimum absolute atomic E-state index is 0.156. The number of hydrogen-bond donors (Lipinski definition) is 0. The normalized spacial score (nSPS) is 22.8. The molecule has 26 heavy (non-hydrogen) atoms. The van der Waals surface area contributed by atoms with Gasteiger partial charge in [0.2, 0.25) is 5.72 Å². The van der Waals surface area contributed by atoms with E-state index in [-0.39, 0.29) is 5.41 Å². The van der Waals surface area contributed by atoms with E-state index in [0.717, 1.165) is 11.3 Å². The monoisotopic (exact) mass is 343 g/mol. The molecular formula is C24H25NO. The summed E-state index contributed by atoms with van der Waals surface area (Å²) >= 11 is 0. The SMILES string of the molecule is C/C=C/C=C/c1ccc2c(c1)C=CC1(O2)N(C)c2ccccc2C1(C)C. The lowest BCUT2D eigenvalue weighted by atomic mass is 9.76. The molecule has 0 saturated heterocycles. The van der Waals surface area contributed by atoms with Crippen molar-refractivity contribution in [1.29, 1.82) is 0 Å². The molecule has 2 aromatic carbocycles. The molecule has 2 aromatic rings. The summed E-state index contributed by atoms with van der Waals surface area (Å²) in [6, 6.07) is 15.0. The Labute approximate surface area is 156 Å². The van der Waals surface area contributed by atoms with Gasteiger partial charge >= 0.3 is 0 Å². The molecule has 1 atom stereocenters. The molecular weight excluding hydrogens is 318 g/mol. The van der Waals surface area contributed by atoms with Crippen molar-refractivity contribution in [2.75, 3.05) is 11.9 Å². The Balaban J connectivity index is 1.75. The molecule has 2 aliphatic rings. The third kappa shape index (κ3) is 2.25. The molecule has 0 aliphatic carbocycles. The number of para-hydroxylation sites is 1. The lowest BCUT2D eigenvalue weighted by molar-refractivity contribution is 0.0582. The first kappa shape index (κ1) is 16.7. The first-order valence-electron chi connectivity index (χ1n) is 9.14. The molecule has 0 N–H and O–H groups in total. The van der Waals surface area contributed by atoms with Crippen LogP contribution in [0.5, 0.6) is 5.75 Å². The van der Waals surface area contributed by atoms with Crippen LogP contribution in [0.25, 0.3) is 12.2 Å². The van der Waals surface area contributed by atoms with Crippen molar-refractivity contribution in [2.45, 2.75) is 31.9 Å². The largest absolute Gasteiger partial charge is 0.463 e. The molecule has 132 valence electrons. The topological polar surface area (TPSA) is 12.5 Å². The summed E-state index contributed by atoms with van der Waals surface area (Å²) < 4.78 is 6.67. The number of fused-ring (bicyclic) bond motifs is 2. The number of nitrogens with zero attached hydrogens (tertiary/aromatic N) is 1. The minimum Gasteiger partial charge on any atom is -0.463 e. The van der Waals surface area contributed by atoms with E-state index >= 15 is 0 Å². The fourth-order valence-corrected chi connectivity index (χ4v) is 4.18. The van der Waals surface area contributed by atoms with E-state index in [1.54, 1.807) is 0 Å². The molecule has 2 aliphatic heterocycles. The van der Waals surface area contributed by atoms with Crippen molar-refractivity contribution in [3.05, 3.63) is 83.5 Å². The molecule has 2 heteroatoms. The molecule has 2 nitrogen and oxygen atoms in total. The average Bonchev–Trinajstić information content (AvgIpc) is 2.81. The van der Waals surface area contributed by atoms with Gasteiger partial charge in [-0.05, 0) is 62.2 Å². The predicted molar refractivity (Wildman–Crippen MR) is 111 cm³/mol. The molecule has 0 bridgehead atoms. The average molecular weight is 343 g/mol. The summed E-state index contributed by atoms with van der Waals surface area (Å²) in [6.07, 6.45) is 12.6. The number of likely N-dealkylation sites (N-methyl/N-ethyl adjacent to an activating group) is 1. The highest BCUT2D eigenvalue weighted by molar-refractivity contribution is 5.73. The molecule has 0 saturated carbocycles. The standard InChI is InChI=1S/C24H25NO/c1-5-6-7-10-18-13-14-22-19(17-18)15-16-24(26-22)23(2,3)20-11-8-9-12-21(20)25(24)4/h5-17H,1-4H3/b6-5+,10-7+. The van der Waals surface area contributed by atoms with Crippen LogP contribution < -0.4 is 9.64 Å². The van der Waals surface area contributed by atoms with Crippen LogP contribution in [0.15, 0.2) is 66.8 Å². The predicted octanol–water partition coefficient (Wildman–Crippen LogP) is 5.81. The van der Waals surface area contributed by atoms with Crippen LogP contribution in [0.2, 0.25) is 0 Å². The van der Waals surface area contributed by atoms with Crippen LogP contribution in [-0.4, -0.2) is 12.8 Å². The van der Waals surface area contributed by atoms with E-state index in [0.29, 0.717) is 0 Å². The first-order valence-corrected chi connectivity index (χ1v) is 9.14. The number of anilines is 1. The van der Waals surface area contributed by atoms with Gasteiger partial charge in [-0.3, -0.25) is 0 Å². The first-order chi connectivity index (χ1) is 12.5. The molecule has 1 spiro atoms. The lowest BCUT2D eigenvalue weighted by Crippen LogP contribution is -2.58. The zero-order chi connectivity index (χ0) is 18.4. The highest BCUT2D eigenvalue weighted by Crippen LogP contribution is 2.54. The number of ether oxygens (including phenoxy) is 1. The fraction of sp³-hybridized carbons (Fsp3) is 0.250.